The molecular weight excluding hydrogens is 328 g/mol. The summed E-state index contributed by atoms with van der Waals surface area (Å²) in [5.41, 5.74) is 4.96. The fourth-order valence-electron chi connectivity index (χ4n) is 1.79. The first-order valence-corrected chi connectivity index (χ1v) is 6.83. The molecule has 0 spiro atoms. The van der Waals surface area contributed by atoms with E-state index in [2.05, 4.69) is 10.6 Å². The Hall–Kier alpha value is -2.67. The van der Waals surface area contributed by atoms with E-state index < -0.39 is 23.4 Å². The third-order valence-corrected chi connectivity index (χ3v) is 3.13. The van der Waals surface area contributed by atoms with E-state index in [1.165, 1.54) is 24.3 Å². The quantitative estimate of drug-likeness (QED) is 0.783. The summed E-state index contributed by atoms with van der Waals surface area (Å²) < 4.78 is 27.0. The third-order valence-electron chi connectivity index (χ3n) is 2.89. The van der Waals surface area contributed by atoms with E-state index in [0.29, 0.717) is 0 Å². The highest BCUT2D eigenvalue weighted by Crippen LogP contribution is 2.19. The topological polar surface area (TPSA) is 84.2 Å². The van der Waals surface area contributed by atoms with E-state index in [1.54, 1.807) is 0 Å². The lowest BCUT2D eigenvalue weighted by Gasteiger charge is -2.09. The fourth-order valence-corrected chi connectivity index (χ4v) is 1.97. The van der Waals surface area contributed by atoms with Crippen LogP contribution in [0.2, 0.25) is 5.02 Å². The first-order valence-electron chi connectivity index (χ1n) is 6.45. The third kappa shape index (κ3) is 4.40. The number of halogens is 3. The lowest BCUT2D eigenvalue weighted by Crippen LogP contribution is -2.22. The normalized spacial score (nSPS) is 10.2. The second kappa shape index (κ2) is 7.06. The minimum atomic E-state index is -0.886. The Kier molecular flexibility index (Phi) is 5.13. The molecule has 0 aromatic heterocycles. The van der Waals surface area contributed by atoms with Gasteiger partial charge in [-0.15, -0.1) is 0 Å². The van der Waals surface area contributed by atoms with Gasteiger partial charge in [0.1, 0.15) is 11.6 Å². The molecule has 5 nitrogen and oxygen atoms in total. The lowest BCUT2D eigenvalue weighted by molar-refractivity contribution is -0.114. The molecule has 0 atom stereocenters. The van der Waals surface area contributed by atoms with E-state index >= 15 is 0 Å². The van der Waals surface area contributed by atoms with Crippen molar-refractivity contribution in [1.82, 2.24) is 0 Å². The Balaban J connectivity index is 1.98. The molecule has 0 heterocycles. The Labute approximate surface area is 135 Å². The van der Waals surface area contributed by atoms with Crippen LogP contribution >= 0.6 is 11.6 Å². The highest BCUT2D eigenvalue weighted by molar-refractivity contribution is 6.30. The van der Waals surface area contributed by atoms with Gasteiger partial charge in [-0.1, -0.05) is 11.6 Å². The van der Waals surface area contributed by atoms with E-state index in [1.807, 2.05) is 0 Å². The molecule has 0 bridgehead atoms. The second-order valence-corrected chi connectivity index (χ2v) is 5.02. The van der Waals surface area contributed by atoms with Crippen molar-refractivity contribution >= 4 is 34.8 Å². The Morgan fingerprint density at radius 2 is 1.83 bits per heavy atom. The number of amides is 2. The highest BCUT2D eigenvalue weighted by atomic mass is 35.5. The molecule has 2 amide bonds. The van der Waals surface area contributed by atoms with E-state index in [-0.39, 0.29) is 28.5 Å². The van der Waals surface area contributed by atoms with Gasteiger partial charge in [0.15, 0.2) is 0 Å². The minimum absolute atomic E-state index is 0.0560. The van der Waals surface area contributed by atoms with Gasteiger partial charge < -0.3 is 16.4 Å². The molecule has 2 aromatic rings. The SMILES string of the molecule is NC(=O)c1ccc(NCC(=O)Nc2cc(Cl)ccc2F)cc1F. The number of rotatable bonds is 5. The van der Waals surface area contributed by atoms with Crippen LogP contribution in [0.3, 0.4) is 0 Å². The molecule has 0 radical (unpaired) electrons. The number of anilines is 2. The summed E-state index contributed by atoms with van der Waals surface area (Å²) in [6.45, 7) is -0.235. The Morgan fingerprint density at radius 1 is 1.09 bits per heavy atom. The van der Waals surface area contributed by atoms with Crippen molar-refractivity contribution < 1.29 is 18.4 Å². The molecular formula is C15H12ClF2N3O2. The summed E-state index contributed by atoms with van der Waals surface area (Å²) in [7, 11) is 0. The standard InChI is InChI=1S/C15H12ClF2N3O2/c16-8-1-4-11(17)13(5-8)21-14(22)7-20-9-2-3-10(15(19)23)12(18)6-9/h1-6,20H,7H2,(H2,19,23)(H,21,22). The molecule has 120 valence electrons. The van der Waals surface area contributed by atoms with Crippen LogP contribution in [0.15, 0.2) is 36.4 Å². The monoisotopic (exact) mass is 339 g/mol. The summed E-state index contributed by atoms with van der Waals surface area (Å²) in [5.74, 6) is -2.86. The summed E-state index contributed by atoms with van der Waals surface area (Å²) in [6.07, 6.45) is 0. The van der Waals surface area contributed by atoms with Crippen LogP contribution in [-0.4, -0.2) is 18.4 Å². The fraction of sp³-hybridized carbons (Fsp3) is 0.0667. The van der Waals surface area contributed by atoms with E-state index in [0.717, 1.165) is 12.1 Å². The average Bonchev–Trinajstić information content (AvgIpc) is 2.48. The Bertz CT molecular complexity index is 768. The molecule has 0 aliphatic heterocycles. The molecule has 0 aliphatic carbocycles. The van der Waals surface area contributed by atoms with Crippen molar-refractivity contribution in [3.63, 3.8) is 0 Å². The van der Waals surface area contributed by atoms with Crippen molar-refractivity contribution in [1.29, 1.82) is 0 Å². The van der Waals surface area contributed by atoms with Crippen molar-refractivity contribution in [3.05, 3.63) is 58.6 Å². The molecule has 2 aromatic carbocycles. The first kappa shape index (κ1) is 16.7. The zero-order chi connectivity index (χ0) is 17.0. The molecule has 0 unspecified atom stereocenters. The number of nitrogens with two attached hydrogens (primary N) is 1. The molecule has 8 heteroatoms. The van der Waals surface area contributed by atoms with Crippen molar-refractivity contribution in [2.45, 2.75) is 0 Å². The number of benzene rings is 2. The van der Waals surface area contributed by atoms with Crippen molar-refractivity contribution in [3.8, 4) is 0 Å². The summed E-state index contributed by atoms with van der Waals surface area (Å²) in [5, 5.41) is 5.26. The smallest absolute Gasteiger partial charge is 0.251 e. The number of hydrogen-bond acceptors (Lipinski definition) is 3. The predicted molar refractivity (Wildman–Crippen MR) is 83.4 cm³/mol. The maximum atomic E-state index is 13.6. The van der Waals surface area contributed by atoms with E-state index in [4.69, 9.17) is 17.3 Å². The number of carbonyl (C=O) groups is 2. The van der Waals surface area contributed by atoms with Crippen LogP contribution in [0.4, 0.5) is 20.2 Å². The van der Waals surface area contributed by atoms with Gasteiger partial charge >= 0.3 is 0 Å². The number of nitrogens with one attached hydrogen (secondary N) is 2. The van der Waals surface area contributed by atoms with Gasteiger partial charge in [0.05, 0.1) is 17.8 Å². The van der Waals surface area contributed by atoms with Gasteiger partial charge in [-0.3, -0.25) is 9.59 Å². The molecule has 2 rings (SSSR count). The number of carbonyl (C=O) groups excluding carboxylic acids is 2. The highest BCUT2D eigenvalue weighted by Gasteiger charge is 2.10. The molecule has 0 saturated heterocycles. The summed E-state index contributed by atoms with van der Waals surface area (Å²) in [4.78, 5) is 22.7. The first-order chi connectivity index (χ1) is 10.9. The minimum Gasteiger partial charge on any atom is -0.376 e. The molecule has 23 heavy (non-hydrogen) atoms. The lowest BCUT2D eigenvalue weighted by atomic mass is 10.2. The van der Waals surface area contributed by atoms with Crippen LogP contribution < -0.4 is 16.4 Å². The molecule has 0 fully saturated rings. The molecule has 0 saturated carbocycles. The van der Waals surface area contributed by atoms with Gasteiger partial charge in [-0.2, -0.15) is 0 Å². The number of primary amides is 1. The summed E-state index contributed by atoms with van der Waals surface area (Å²) >= 11 is 5.72. The zero-order valence-corrected chi connectivity index (χ0v) is 12.5. The van der Waals surface area contributed by atoms with Crippen molar-refractivity contribution in [2.75, 3.05) is 17.2 Å². The number of hydrogen-bond donors (Lipinski definition) is 3. The van der Waals surface area contributed by atoms with Crippen LogP contribution in [0.25, 0.3) is 0 Å². The molecule has 0 aliphatic rings. The summed E-state index contributed by atoms with van der Waals surface area (Å²) in [6, 6.07) is 7.39. The van der Waals surface area contributed by atoms with Crippen molar-refractivity contribution in [2.24, 2.45) is 5.73 Å². The predicted octanol–water partition coefficient (Wildman–Crippen LogP) is 2.77. The van der Waals surface area contributed by atoms with Gasteiger partial charge in [0.25, 0.3) is 5.91 Å². The largest absolute Gasteiger partial charge is 0.376 e. The zero-order valence-electron chi connectivity index (χ0n) is 11.7. The average molecular weight is 340 g/mol. The molecule has 4 N–H and O–H groups in total. The van der Waals surface area contributed by atoms with Gasteiger partial charge in [0.2, 0.25) is 5.91 Å². The van der Waals surface area contributed by atoms with Crippen LogP contribution in [-0.2, 0) is 4.79 Å². The van der Waals surface area contributed by atoms with Crippen LogP contribution in [0, 0.1) is 11.6 Å². The maximum Gasteiger partial charge on any atom is 0.251 e. The van der Waals surface area contributed by atoms with Gasteiger partial charge in [-0.05, 0) is 36.4 Å². The van der Waals surface area contributed by atoms with E-state index in [9.17, 15) is 18.4 Å². The van der Waals surface area contributed by atoms with Gasteiger partial charge in [0, 0.05) is 10.7 Å². The van der Waals surface area contributed by atoms with Crippen LogP contribution in [0.1, 0.15) is 10.4 Å². The maximum absolute atomic E-state index is 13.6. The van der Waals surface area contributed by atoms with Gasteiger partial charge in [-0.25, -0.2) is 8.78 Å². The van der Waals surface area contributed by atoms with Crippen LogP contribution in [0.5, 0.6) is 0 Å². The Morgan fingerprint density at radius 3 is 2.48 bits per heavy atom. The second-order valence-electron chi connectivity index (χ2n) is 4.58.